The number of piperidine rings is 1. The molecule has 0 aromatic carbocycles. The number of likely N-dealkylation sites (tertiary alicyclic amines) is 1. The van der Waals surface area contributed by atoms with Crippen molar-refractivity contribution < 1.29 is 14.3 Å². The minimum absolute atomic E-state index is 0.0131. The molecule has 1 N–H and O–H groups in total. The van der Waals surface area contributed by atoms with E-state index in [0.29, 0.717) is 30.8 Å². The van der Waals surface area contributed by atoms with Crippen molar-refractivity contribution in [3.8, 4) is 0 Å². The fraction of sp³-hybridized carbons (Fsp3) is 0.611. The van der Waals surface area contributed by atoms with Crippen molar-refractivity contribution in [2.45, 2.75) is 37.8 Å². The number of pyridine rings is 1. The molecule has 3 atom stereocenters. The molecule has 6 heteroatoms. The third kappa shape index (κ3) is 2.90. The van der Waals surface area contributed by atoms with Crippen molar-refractivity contribution in [3.63, 3.8) is 0 Å². The van der Waals surface area contributed by atoms with Crippen molar-refractivity contribution in [3.05, 3.63) is 30.1 Å². The second kappa shape index (κ2) is 6.51. The van der Waals surface area contributed by atoms with E-state index >= 15 is 0 Å². The van der Waals surface area contributed by atoms with Crippen LogP contribution < -0.4 is 5.32 Å². The number of nitrogens with zero attached hydrogens (tertiary/aromatic N) is 2. The Hall–Kier alpha value is -1.95. The van der Waals surface area contributed by atoms with Crippen LogP contribution in [0.3, 0.4) is 0 Å². The Kier molecular flexibility index (Phi) is 4.22. The zero-order valence-electron chi connectivity index (χ0n) is 13.7. The van der Waals surface area contributed by atoms with Gasteiger partial charge in [-0.1, -0.05) is 6.07 Å². The van der Waals surface area contributed by atoms with Gasteiger partial charge in [0.05, 0.1) is 6.10 Å². The molecule has 0 bridgehead atoms. The fourth-order valence-corrected chi connectivity index (χ4v) is 4.06. The van der Waals surface area contributed by atoms with Crippen molar-refractivity contribution in [2.75, 3.05) is 19.7 Å². The standard InChI is InChI=1S/C18H23N3O3/c22-17(20-15-11-16-13(15)6-10-24-16)12-4-8-21(9-5-12)18(23)14-3-1-2-7-19-14/h1-3,7,12-13,15-16H,4-6,8-11H2,(H,20,22)/t13-,15+,16+/m1/s1. The summed E-state index contributed by atoms with van der Waals surface area (Å²) in [6.45, 7) is 2.07. The lowest BCUT2D eigenvalue weighted by Crippen LogP contribution is -2.55. The Labute approximate surface area is 141 Å². The third-order valence-corrected chi connectivity index (χ3v) is 5.63. The van der Waals surface area contributed by atoms with E-state index in [0.717, 1.165) is 32.3 Å². The number of aromatic nitrogens is 1. The van der Waals surface area contributed by atoms with Crippen LogP contribution in [0.2, 0.25) is 0 Å². The van der Waals surface area contributed by atoms with Gasteiger partial charge >= 0.3 is 0 Å². The third-order valence-electron chi connectivity index (χ3n) is 5.63. The van der Waals surface area contributed by atoms with E-state index in [1.807, 2.05) is 6.07 Å². The summed E-state index contributed by atoms with van der Waals surface area (Å²) in [5.74, 6) is 0.633. The topological polar surface area (TPSA) is 71.5 Å². The van der Waals surface area contributed by atoms with Gasteiger partial charge < -0.3 is 15.0 Å². The van der Waals surface area contributed by atoms with Crippen molar-refractivity contribution >= 4 is 11.8 Å². The van der Waals surface area contributed by atoms with Crippen LogP contribution in [0.1, 0.15) is 36.2 Å². The average Bonchev–Trinajstić information content (AvgIpc) is 3.00. The first-order valence-corrected chi connectivity index (χ1v) is 8.84. The molecule has 2 aliphatic heterocycles. The molecule has 0 unspecified atom stereocenters. The summed E-state index contributed by atoms with van der Waals surface area (Å²) in [7, 11) is 0. The molecule has 2 amide bonds. The molecule has 0 spiro atoms. The zero-order valence-corrected chi connectivity index (χ0v) is 13.7. The maximum atomic E-state index is 12.5. The lowest BCUT2D eigenvalue weighted by atomic mass is 9.76. The van der Waals surface area contributed by atoms with Crippen LogP contribution in [0.25, 0.3) is 0 Å². The van der Waals surface area contributed by atoms with E-state index in [-0.39, 0.29) is 23.8 Å². The lowest BCUT2D eigenvalue weighted by Gasteiger charge is -2.40. The van der Waals surface area contributed by atoms with Gasteiger partial charge in [0.2, 0.25) is 5.91 Å². The number of hydrogen-bond donors (Lipinski definition) is 1. The quantitative estimate of drug-likeness (QED) is 0.905. The van der Waals surface area contributed by atoms with Crippen LogP contribution in [0.5, 0.6) is 0 Å². The number of ether oxygens (including phenoxy) is 1. The molecule has 4 rings (SSSR count). The smallest absolute Gasteiger partial charge is 0.272 e. The predicted octanol–water partition coefficient (Wildman–Crippen LogP) is 1.23. The highest BCUT2D eigenvalue weighted by Crippen LogP contribution is 2.38. The van der Waals surface area contributed by atoms with E-state index in [1.165, 1.54) is 0 Å². The number of rotatable bonds is 3. The van der Waals surface area contributed by atoms with Crippen LogP contribution >= 0.6 is 0 Å². The molecule has 1 aliphatic carbocycles. The van der Waals surface area contributed by atoms with Crippen LogP contribution in [-0.2, 0) is 9.53 Å². The van der Waals surface area contributed by atoms with Gasteiger partial charge in [-0.2, -0.15) is 0 Å². The molecule has 3 aliphatic rings. The molecule has 128 valence electrons. The predicted molar refractivity (Wildman–Crippen MR) is 87.3 cm³/mol. The second-order valence-corrected chi connectivity index (χ2v) is 6.99. The van der Waals surface area contributed by atoms with Crippen molar-refractivity contribution in [1.82, 2.24) is 15.2 Å². The Bertz CT molecular complexity index is 613. The van der Waals surface area contributed by atoms with Crippen molar-refractivity contribution in [1.29, 1.82) is 0 Å². The Morgan fingerprint density at radius 3 is 2.75 bits per heavy atom. The van der Waals surface area contributed by atoms with E-state index < -0.39 is 0 Å². The largest absolute Gasteiger partial charge is 0.378 e. The van der Waals surface area contributed by atoms with Gasteiger partial charge in [0.1, 0.15) is 5.69 Å². The van der Waals surface area contributed by atoms with E-state index in [1.54, 1.807) is 23.2 Å². The molecule has 0 radical (unpaired) electrons. The second-order valence-electron chi connectivity index (χ2n) is 6.99. The van der Waals surface area contributed by atoms with E-state index in [2.05, 4.69) is 10.3 Å². The molecule has 1 saturated carbocycles. The molecule has 6 nitrogen and oxygen atoms in total. The molecule has 1 aromatic heterocycles. The highest BCUT2D eigenvalue weighted by atomic mass is 16.5. The summed E-state index contributed by atoms with van der Waals surface area (Å²) in [6.07, 6.45) is 5.46. The fourth-order valence-electron chi connectivity index (χ4n) is 4.06. The molecule has 24 heavy (non-hydrogen) atoms. The summed E-state index contributed by atoms with van der Waals surface area (Å²) in [5.41, 5.74) is 0.474. The Morgan fingerprint density at radius 1 is 1.21 bits per heavy atom. The van der Waals surface area contributed by atoms with Gasteiger partial charge in [-0.3, -0.25) is 14.6 Å². The number of carbonyl (C=O) groups is 2. The van der Waals surface area contributed by atoms with E-state index in [9.17, 15) is 9.59 Å². The first-order valence-electron chi connectivity index (χ1n) is 8.84. The minimum Gasteiger partial charge on any atom is -0.378 e. The number of hydrogen-bond acceptors (Lipinski definition) is 4. The molecule has 3 heterocycles. The van der Waals surface area contributed by atoms with Gasteiger partial charge in [-0.15, -0.1) is 0 Å². The summed E-state index contributed by atoms with van der Waals surface area (Å²) < 4.78 is 5.59. The van der Waals surface area contributed by atoms with Gasteiger partial charge in [0.25, 0.3) is 5.91 Å². The number of nitrogens with one attached hydrogen (secondary N) is 1. The van der Waals surface area contributed by atoms with Gasteiger partial charge in [0, 0.05) is 43.8 Å². The van der Waals surface area contributed by atoms with Gasteiger partial charge in [0.15, 0.2) is 0 Å². The highest BCUT2D eigenvalue weighted by molar-refractivity contribution is 5.92. The summed E-state index contributed by atoms with van der Waals surface area (Å²) in [6, 6.07) is 5.64. The van der Waals surface area contributed by atoms with Gasteiger partial charge in [-0.25, -0.2) is 0 Å². The van der Waals surface area contributed by atoms with Crippen LogP contribution in [0, 0.1) is 11.8 Å². The number of carbonyl (C=O) groups excluding carboxylic acids is 2. The molecule has 3 fully saturated rings. The van der Waals surface area contributed by atoms with Crippen LogP contribution in [0.15, 0.2) is 24.4 Å². The molecular formula is C18H23N3O3. The van der Waals surface area contributed by atoms with Crippen LogP contribution in [-0.4, -0.2) is 53.5 Å². The summed E-state index contributed by atoms with van der Waals surface area (Å²) in [4.78, 5) is 30.8. The van der Waals surface area contributed by atoms with Gasteiger partial charge in [-0.05, 0) is 37.8 Å². The Morgan fingerprint density at radius 2 is 2.04 bits per heavy atom. The summed E-state index contributed by atoms with van der Waals surface area (Å²) in [5, 5.41) is 3.20. The summed E-state index contributed by atoms with van der Waals surface area (Å²) >= 11 is 0. The maximum absolute atomic E-state index is 12.5. The molecule has 2 saturated heterocycles. The normalized spacial score (nSPS) is 29.7. The minimum atomic E-state index is -0.0422. The average molecular weight is 329 g/mol. The Balaban J connectivity index is 1.27. The first-order chi connectivity index (χ1) is 11.7. The maximum Gasteiger partial charge on any atom is 0.272 e. The van der Waals surface area contributed by atoms with E-state index in [4.69, 9.17) is 4.74 Å². The number of amides is 2. The highest BCUT2D eigenvalue weighted by Gasteiger charge is 2.46. The van der Waals surface area contributed by atoms with Crippen molar-refractivity contribution in [2.24, 2.45) is 11.8 Å². The zero-order chi connectivity index (χ0) is 16.5. The monoisotopic (exact) mass is 329 g/mol. The number of fused-ring (bicyclic) bond motifs is 1. The molecule has 1 aromatic rings. The SMILES string of the molecule is O=C(N[C@H]1C[C@@H]2OCC[C@H]12)C1CCN(C(=O)c2ccccn2)CC1. The first kappa shape index (κ1) is 15.6. The lowest BCUT2D eigenvalue weighted by molar-refractivity contribution is -0.129. The molecular weight excluding hydrogens is 306 g/mol. The van der Waals surface area contributed by atoms with Crippen LogP contribution in [0.4, 0.5) is 0 Å².